The van der Waals surface area contributed by atoms with Crippen LogP contribution in [-0.2, 0) is 13.0 Å². The number of carbonyl (C=O) groups is 1. The SMILES string of the molecule is Cc1ccc(Cl)cc1CCNc1cc[nH]c(=O)c1-c1nc2cc3c(cc2[nH]1)CN(CCN1CCCC1)C3=O. The van der Waals surface area contributed by atoms with E-state index >= 15 is 0 Å². The highest BCUT2D eigenvalue weighted by molar-refractivity contribution is 6.30. The highest BCUT2D eigenvalue weighted by atomic mass is 35.5. The topological polar surface area (TPSA) is 97.1 Å². The molecule has 0 atom stereocenters. The van der Waals surface area contributed by atoms with Crippen molar-refractivity contribution >= 4 is 34.2 Å². The molecule has 2 aromatic carbocycles. The largest absolute Gasteiger partial charge is 0.384 e. The Morgan fingerprint density at radius 1 is 1.08 bits per heavy atom. The quantitative estimate of drug-likeness (QED) is 0.310. The van der Waals surface area contributed by atoms with Crippen LogP contribution in [-0.4, -0.2) is 63.4 Å². The first-order valence-corrected chi connectivity index (χ1v) is 13.6. The van der Waals surface area contributed by atoms with Crippen LogP contribution in [0, 0.1) is 6.92 Å². The van der Waals surface area contributed by atoms with Crippen molar-refractivity contribution in [2.45, 2.75) is 32.7 Å². The van der Waals surface area contributed by atoms with Crippen LogP contribution in [0.1, 0.15) is 39.9 Å². The second-order valence-corrected chi connectivity index (χ2v) is 10.7. The molecule has 196 valence electrons. The standard InChI is InChI=1S/C29H31ClN6O2/c1-18-4-5-21(30)14-19(18)6-8-31-23-7-9-32-28(37)26(23)27-33-24-15-20-17-36(13-12-35-10-2-3-11-35)29(38)22(20)16-25(24)34-27/h4-5,7,9,14-16H,2-3,6,8,10-13,17H2,1H3,(H,33,34)(H2,31,32,37). The van der Waals surface area contributed by atoms with E-state index in [0.717, 1.165) is 49.2 Å². The molecule has 2 aliphatic rings. The van der Waals surface area contributed by atoms with Gasteiger partial charge in [-0.05, 0) is 86.3 Å². The molecule has 0 saturated carbocycles. The summed E-state index contributed by atoms with van der Waals surface area (Å²) in [5.41, 5.74) is 6.45. The average molecular weight is 531 g/mol. The number of fused-ring (bicyclic) bond motifs is 2. The number of hydrogen-bond acceptors (Lipinski definition) is 5. The van der Waals surface area contributed by atoms with Crippen molar-refractivity contribution in [1.82, 2.24) is 24.8 Å². The van der Waals surface area contributed by atoms with Crippen LogP contribution in [0.4, 0.5) is 5.69 Å². The Labute approximate surface area is 226 Å². The zero-order valence-corrected chi connectivity index (χ0v) is 22.2. The number of carbonyl (C=O) groups excluding carboxylic acids is 1. The number of imidazole rings is 1. The highest BCUT2D eigenvalue weighted by Gasteiger charge is 2.29. The lowest BCUT2D eigenvalue weighted by atomic mass is 10.1. The minimum absolute atomic E-state index is 0.0573. The number of amides is 1. The normalized spacial score (nSPS) is 15.5. The molecule has 0 bridgehead atoms. The molecule has 6 rings (SSSR count). The molecular formula is C29H31ClN6O2. The number of halogens is 1. The highest BCUT2D eigenvalue weighted by Crippen LogP contribution is 2.30. The van der Waals surface area contributed by atoms with Crippen molar-refractivity contribution < 1.29 is 4.79 Å². The van der Waals surface area contributed by atoms with Crippen molar-refractivity contribution in [3.8, 4) is 11.4 Å². The number of hydrogen-bond donors (Lipinski definition) is 3. The van der Waals surface area contributed by atoms with Crippen LogP contribution >= 0.6 is 11.6 Å². The van der Waals surface area contributed by atoms with Crippen molar-refractivity contribution in [2.24, 2.45) is 0 Å². The molecule has 0 aliphatic carbocycles. The molecule has 3 N–H and O–H groups in total. The summed E-state index contributed by atoms with van der Waals surface area (Å²) in [5, 5.41) is 4.11. The Bertz CT molecular complexity index is 1570. The lowest BCUT2D eigenvalue weighted by Crippen LogP contribution is -2.33. The molecule has 2 aromatic heterocycles. The van der Waals surface area contributed by atoms with Crippen LogP contribution in [0.5, 0.6) is 0 Å². The number of nitrogens with zero attached hydrogens (tertiary/aromatic N) is 3. The van der Waals surface area contributed by atoms with Gasteiger partial charge in [-0.1, -0.05) is 17.7 Å². The average Bonchev–Trinajstić information content (AvgIpc) is 3.63. The van der Waals surface area contributed by atoms with E-state index < -0.39 is 0 Å². The van der Waals surface area contributed by atoms with Gasteiger partial charge in [0.05, 0.1) is 16.7 Å². The Morgan fingerprint density at radius 3 is 2.76 bits per heavy atom. The summed E-state index contributed by atoms with van der Waals surface area (Å²) in [6, 6.07) is 11.6. The summed E-state index contributed by atoms with van der Waals surface area (Å²) in [7, 11) is 0. The number of H-pyrrole nitrogens is 2. The molecule has 4 heterocycles. The van der Waals surface area contributed by atoms with Gasteiger partial charge < -0.3 is 25.1 Å². The van der Waals surface area contributed by atoms with Crippen LogP contribution < -0.4 is 10.9 Å². The van der Waals surface area contributed by atoms with E-state index in [1.165, 1.54) is 18.4 Å². The maximum Gasteiger partial charge on any atom is 0.261 e. The molecule has 38 heavy (non-hydrogen) atoms. The third kappa shape index (κ3) is 4.81. The van der Waals surface area contributed by atoms with Gasteiger partial charge in [0.2, 0.25) is 0 Å². The smallest absolute Gasteiger partial charge is 0.261 e. The summed E-state index contributed by atoms with van der Waals surface area (Å²) in [5.74, 6) is 0.534. The molecule has 0 radical (unpaired) electrons. The van der Waals surface area contributed by atoms with Crippen molar-refractivity contribution in [3.05, 3.63) is 80.2 Å². The summed E-state index contributed by atoms with van der Waals surface area (Å²) in [4.78, 5) is 41.2. The maximum atomic E-state index is 13.1. The molecule has 4 aromatic rings. The fourth-order valence-corrected chi connectivity index (χ4v) is 5.74. The van der Waals surface area contributed by atoms with Gasteiger partial charge >= 0.3 is 0 Å². The number of likely N-dealkylation sites (tertiary alicyclic amines) is 1. The minimum atomic E-state index is -0.232. The lowest BCUT2D eigenvalue weighted by molar-refractivity contribution is 0.0763. The van der Waals surface area contributed by atoms with Gasteiger partial charge in [0.1, 0.15) is 11.4 Å². The Kier molecular flexibility index (Phi) is 6.68. The molecule has 9 heteroatoms. The number of benzene rings is 2. The Hall–Kier alpha value is -3.62. The molecule has 1 saturated heterocycles. The predicted molar refractivity (Wildman–Crippen MR) is 151 cm³/mol. The third-order valence-electron chi connectivity index (χ3n) is 7.69. The van der Waals surface area contributed by atoms with Crippen LogP contribution in [0.3, 0.4) is 0 Å². The third-order valence-corrected chi connectivity index (χ3v) is 7.92. The number of aromatic amines is 2. The Balaban J connectivity index is 1.21. The maximum absolute atomic E-state index is 13.1. The van der Waals surface area contributed by atoms with Crippen LogP contribution in [0.2, 0.25) is 5.02 Å². The number of aryl methyl sites for hydroxylation is 1. The van der Waals surface area contributed by atoms with E-state index in [-0.39, 0.29) is 11.5 Å². The van der Waals surface area contributed by atoms with Crippen molar-refractivity contribution in [3.63, 3.8) is 0 Å². The first-order valence-electron chi connectivity index (χ1n) is 13.2. The van der Waals surface area contributed by atoms with Gasteiger partial charge in [-0.3, -0.25) is 9.59 Å². The second-order valence-electron chi connectivity index (χ2n) is 10.2. The molecule has 1 amide bonds. The van der Waals surface area contributed by atoms with E-state index in [0.29, 0.717) is 46.3 Å². The zero-order valence-electron chi connectivity index (χ0n) is 21.4. The number of rotatable bonds is 8. The van der Waals surface area contributed by atoms with Crippen LogP contribution in [0.15, 0.2) is 47.4 Å². The minimum Gasteiger partial charge on any atom is -0.384 e. The molecule has 1 fully saturated rings. The fraction of sp³-hybridized carbons (Fsp3) is 0.345. The molecule has 0 unspecified atom stereocenters. The monoisotopic (exact) mass is 530 g/mol. The van der Waals surface area contributed by atoms with Gasteiger partial charge in [-0.15, -0.1) is 0 Å². The second kappa shape index (κ2) is 10.3. The van der Waals surface area contributed by atoms with E-state index in [2.05, 4.69) is 27.1 Å². The fourth-order valence-electron chi connectivity index (χ4n) is 5.55. The van der Waals surface area contributed by atoms with E-state index in [4.69, 9.17) is 16.6 Å². The van der Waals surface area contributed by atoms with Gasteiger partial charge in [-0.25, -0.2) is 4.98 Å². The van der Waals surface area contributed by atoms with Crippen LogP contribution in [0.25, 0.3) is 22.4 Å². The van der Waals surface area contributed by atoms with E-state index in [9.17, 15) is 9.59 Å². The number of nitrogens with one attached hydrogen (secondary N) is 3. The first-order chi connectivity index (χ1) is 18.5. The summed E-state index contributed by atoms with van der Waals surface area (Å²) >= 11 is 6.17. The number of aromatic nitrogens is 3. The molecule has 2 aliphatic heterocycles. The van der Waals surface area contributed by atoms with Crippen molar-refractivity contribution in [2.75, 3.05) is 38.0 Å². The van der Waals surface area contributed by atoms with Crippen molar-refractivity contribution in [1.29, 1.82) is 0 Å². The Morgan fingerprint density at radius 2 is 1.92 bits per heavy atom. The number of anilines is 1. The van der Waals surface area contributed by atoms with Gasteiger partial charge in [-0.2, -0.15) is 0 Å². The molecule has 0 spiro atoms. The lowest BCUT2D eigenvalue weighted by Gasteiger charge is -2.20. The van der Waals surface area contributed by atoms with E-state index in [1.54, 1.807) is 6.20 Å². The van der Waals surface area contributed by atoms with E-state index in [1.807, 2.05) is 41.3 Å². The number of pyridine rings is 1. The van der Waals surface area contributed by atoms with Gasteiger partial charge in [0.25, 0.3) is 11.5 Å². The summed E-state index contributed by atoms with van der Waals surface area (Å²) in [6.45, 7) is 7.21. The first kappa shape index (κ1) is 24.7. The molecule has 8 nitrogen and oxygen atoms in total. The summed E-state index contributed by atoms with van der Waals surface area (Å²) < 4.78 is 0. The predicted octanol–water partition coefficient (Wildman–Crippen LogP) is 4.59. The zero-order chi connectivity index (χ0) is 26.2. The van der Waals surface area contributed by atoms with Gasteiger partial charge in [0, 0.05) is 43.0 Å². The molecular weight excluding hydrogens is 500 g/mol. The summed E-state index contributed by atoms with van der Waals surface area (Å²) in [6.07, 6.45) is 4.89. The van der Waals surface area contributed by atoms with Gasteiger partial charge in [0.15, 0.2) is 0 Å².